The number of imidazole rings is 1. The number of alkyl halides is 3. The minimum absolute atomic E-state index is 0.183. The van der Waals surface area contributed by atoms with Gasteiger partial charge in [-0.15, -0.1) is 0 Å². The van der Waals surface area contributed by atoms with Crippen LogP contribution in [-0.2, 0) is 11.0 Å². The molecular weight excluding hydrogens is 387 g/mol. The Morgan fingerprint density at radius 2 is 1.96 bits per heavy atom. The highest BCUT2D eigenvalue weighted by Gasteiger charge is 2.47. The Kier molecular flexibility index (Phi) is 4.58. The minimum atomic E-state index is -4.43. The summed E-state index contributed by atoms with van der Waals surface area (Å²) in [5.41, 5.74) is 0.862. The van der Waals surface area contributed by atoms with Crippen molar-refractivity contribution >= 4 is 23.8 Å². The van der Waals surface area contributed by atoms with Gasteiger partial charge in [0, 0.05) is 29.7 Å². The maximum absolute atomic E-state index is 13.2. The van der Waals surface area contributed by atoms with E-state index >= 15 is 0 Å². The molecule has 1 fully saturated rings. The molecule has 1 amide bonds. The Hall–Kier alpha value is -2.87. The fraction of sp³-hybridized carbons (Fsp3) is 0.200. The summed E-state index contributed by atoms with van der Waals surface area (Å²) in [4.78, 5) is 15.5. The highest BCUT2D eigenvalue weighted by Crippen LogP contribution is 2.51. The number of carbonyl (C=O) groups is 1. The van der Waals surface area contributed by atoms with E-state index in [1.54, 1.807) is 41.2 Å². The van der Waals surface area contributed by atoms with E-state index in [1.165, 1.54) is 12.1 Å². The number of hydrogen-bond donors (Lipinski definition) is 2. The lowest BCUT2D eigenvalue weighted by Crippen LogP contribution is -2.16. The monoisotopic (exact) mass is 403 g/mol. The van der Waals surface area contributed by atoms with Crippen LogP contribution in [0.2, 0.25) is 0 Å². The standard InChI is InChI=1S/C20H16F3N3OS/c21-20(22,23)17-7-2-1-6-14(17)15-11-16(15)18(27)25-12-4-3-5-13(10-12)26-9-8-24-19(26)28/h1-10,15-16H,11H2,(H,24,28)(H,25,27)/t15-,16-/m1/s1. The molecule has 4 rings (SSSR count). The number of aromatic nitrogens is 2. The lowest BCUT2D eigenvalue weighted by atomic mass is 10.0. The van der Waals surface area contributed by atoms with Gasteiger partial charge >= 0.3 is 6.18 Å². The molecule has 1 aromatic heterocycles. The summed E-state index contributed by atoms with van der Waals surface area (Å²) in [6.07, 6.45) is -0.541. The first-order chi connectivity index (χ1) is 13.3. The predicted octanol–water partition coefficient (Wildman–Crippen LogP) is 5.30. The van der Waals surface area contributed by atoms with Gasteiger partial charge in [-0.25, -0.2) is 0 Å². The molecule has 2 atom stereocenters. The van der Waals surface area contributed by atoms with Crippen LogP contribution in [0.3, 0.4) is 0 Å². The summed E-state index contributed by atoms with van der Waals surface area (Å²) in [5.74, 6) is -1.17. The lowest BCUT2D eigenvalue weighted by Gasteiger charge is -2.12. The summed E-state index contributed by atoms with van der Waals surface area (Å²) in [6, 6.07) is 12.6. The van der Waals surface area contributed by atoms with Gasteiger partial charge in [0.1, 0.15) is 0 Å². The number of benzene rings is 2. The molecule has 3 aromatic rings. The second-order valence-corrected chi connectivity index (χ2v) is 7.10. The summed E-state index contributed by atoms with van der Waals surface area (Å²) in [7, 11) is 0. The number of halogens is 3. The normalized spacial score (nSPS) is 18.7. The van der Waals surface area contributed by atoms with E-state index in [9.17, 15) is 18.0 Å². The number of H-pyrrole nitrogens is 1. The van der Waals surface area contributed by atoms with Crippen molar-refractivity contribution in [2.75, 3.05) is 5.32 Å². The summed E-state index contributed by atoms with van der Waals surface area (Å²) in [5, 5.41) is 2.81. The molecule has 0 spiro atoms. The smallest absolute Gasteiger partial charge is 0.337 e. The highest BCUT2D eigenvalue weighted by molar-refractivity contribution is 7.71. The Balaban J connectivity index is 1.50. The Bertz CT molecular complexity index is 1090. The van der Waals surface area contributed by atoms with Crippen molar-refractivity contribution in [3.8, 4) is 5.69 Å². The van der Waals surface area contributed by atoms with Crippen molar-refractivity contribution < 1.29 is 18.0 Å². The van der Waals surface area contributed by atoms with Crippen LogP contribution < -0.4 is 5.32 Å². The summed E-state index contributed by atoms with van der Waals surface area (Å²) >= 11 is 5.19. The van der Waals surface area contributed by atoms with E-state index in [2.05, 4.69) is 10.3 Å². The number of nitrogens with one attached hydrogen (secondary N) is 2. The molecule has 4 nitrogen and oxygen atoms in total. The van der Waals surface area contributed by atoms with Crippen LogP contribution in [0.5, 0.6) is 0 Å². The zero-order valence-corrected chi connectivity index (χ0v) is 15.3. The van der Waals surface area contributed by atoms with Crippen molar-refractivity contribution in [1.82, 2.24) is 9.55 Å². The van der Waals surface area contributed by atoms with Crippen molar-refractivity contribution in [1.29, 1.82) is 0 Å². The average molecular weight is 403 g/mol. The predicted molar refractivity (Wildman–Crippen MR) is 102 cm³/mol. The summed E-state index contributed by atoms with van der Waals surface area (Å²) in [6.45, 7) is 0. The molecule has 2 N–H and O–H groups in total. The first-order valence-corrected chi connectivity index (χ1v) is 9.09. The molecule has 1 saturated carbocycles. The molecule has 0 aliphatic heterocycles. The molecule has 0 saturated heterocycles. The molecule has 28 heavy (non-hydrogen) atoms. The fourth-order valence-corrected chi connectivity index (χ4v) is 3.63. The lowest BCUT2D eigenvalue weighted by molar-refractivity contribution is -0.138. The Morgan fingerprint density at radius 3 is 2.68 bits per heavy atom. The second-order valence-electron chi connectivity index (χ2n) is 6.71. The van der Waals surface area contributed by atoms with E-state index in [4.69, 9.17) is 12.2 Å². The van der Waals surface area contributed by atoms with Crippen LogP contribution in [0.15, 0.2) is 60.9 Å². The third kappa shape index (κ3) is 3.60. The molecule has 8 heteroatoms. The van der Waals surface area contributed by atoms with Gasteiger partial charge in [0.2, 0.25) is 5.91 Å². The maximum atomic E-state index is 13.2. The van der Waals surface area contributed by atoms with Crippen LogP contribution in [-0.4, -0.2) is 15.5 Å². The fourth-order valence-electron chi connectivity index (χ4n) is 3.40. The Morgan fingerprint density at radius 1 is 1.18 bits per heavy atom. The number of amides is 1. The SMILES string of the molecule is O=C(Nc1cccc(-n2cc[nH]c2=S)c1)[C@@H]1C[C@@H]1c1ccccc1C(F)(F)F. The minimum Gasteiger partial charge on any atom is -0.337 e. The zero-order valence-electron chi connectivity index (χ0n) is 14.5. The van der Waals surface area contributed by atoms with Crippen LogP contribution in [0.4, 0.5) is 18.9 Å². The maximum Gasteiger partial charge on any atom is 0.416 e. The van der Waals surface area contributed by atoms with Crippen molar-refractivity contribution in [2.45, 2.75) is 18.5 Å². The van der Waals surface area contributed by atoms with Gasteiger partial charge in [-0.05, 0) is 54.4 Å². The number of anilines is 1. The molecule has 1 heterocycles. The van der Waals surface area contributed by atoms with Gasteiger partial charge in [0.15, 0.2) is 4.77 Å². The van der Waals surface area contributed by atoms with Gasteiger partial charge in [-0.3, -0.25) is 9.36 Å². The summed E-state index contributed by atoms with van der Waals surface area (Å²) < 4.78 is 41.9. The van der Waals surface area contributed by atoms with E-state index in [0.29, 0.717) is 16.9 Å². The van der Waals surface area contributed by atoms with E-state index in [1.807, 2.05) is 6.07 Å². The largest absolute Gasteiger partial charge is 0.416 e. The quantitative estimate of drug-likeness (QED) is 0.581. The Labute approximate surface area is 164 Å². The molecule has 0 bridgehead atoms. The van der Waals surface area contributed by atoms with Crippen LogP contribution in [0.25, 0.3) is 5.69 Å². The molecule has 1 aliphatic carbocycles. The number of rotatable bonds is 4. The number of carbonyl (C=O) groups excluding carboxylic acids is 1. The third-order valence-electron chi connectivity index (χ3n) is 4.83. The van der Waals surface area contributed by atoms with E-state index < -0.39 is 23.6 Å². The van der Waals surface area contributed by atoms with Gasteiger partial charge in [0.05, 0.1) is 5.56 Å². The van der Waals surface area contributed by atoms with Crippen LogP contribution in [0, 0.1) is 10.7 Å². The van der Waals surface area contributed by atoms with Gasteiger partial charge in [-0.2, -0.15) is 13.2 Å². The first-order valence-electron chi connectivity index (χ1n) is 8.68. The van der Waals surface area contributed by atoms with Crippen molar-refractivity contribution in [3.63, 3.8) is 0 Å². The van der Waals surface area contributed by atoms with Crippen LogP contribution >= 0.6 is 12.2 Å². The van der Waals surface area contributed by atoms with Crippen molar-refractivity contribution in [3.05, 3.63) is 76.8 Å². The number of hydrogen-bond acceptors (Lipinski definition) is 2. The molecule has 0 radical (unpaired) electrons. The third-order valence-corrected chi connectivity index (χ3v) is 5.15. The molecular formula is C20H16F3N3OS. The number of nitrogens with zero attached hydrogens (tertiary/aromatic N) is 1. The number of aromatic amines is 1. The van der Waals surface area contributed by atoms with E-state index in [0.717, 1.165) is 11.8 Å². The average Bonchev–Trinajstić information content (AvgIpc) is 3.35. The first kappa shape index (κ1) is 18.5. The zero-order chi connectivity index (χ0) is 19.9. The van der Waals surface area contributed by atoms with Crippen LogP contribution in [0.1, 0.15) is 23.5 Å². The van der Waals surface area contributed by atoms with Gasteiger partial charge in [0.25, 0.3) is 0 Å². The molecule has 2 aromatic carbocycles. The van der Waals surface area contributed by atoms with Crippen molar-refractivity contribution in [2.24, 2.45) is 5.92 Å². The second kappa shape index (κ2) is 6.94. The van der Waals surface area contributed by atoms with Gasteiger partial charge in [-0.1, -0.05) is 24.3 Å². The molecule has 0 unspecified atom stereocenters. The topological polar surface area (TPSA) is 49.8 Å². The molecule has 144 valence electrons. The molecule has 1 aliphatic rings. The van der Waals surface area contributed by atoms with Gasteiger partial charge < -0.3 is 10.3 Å². The van der Waals surface area contributed by atoms with E-state index in [-0.39, 0.29) is 11.5 Å². The highest BCUT2D eigenvalue weighted by atomic mass is 32.1.